The highest BCUT2D eigenvalue weighted by molar-refractivity contribution is 5.86. The maximum atomic E-state index is 12.9. The zero-order valence-electron chi connectivity index (χ0n) is 17.8. The van der Waals surface area contributed by atoms with Gasteiger partial charge in [0.05, 0.1) is 18.5 Å². The van der Waals surface area contributed by atoms with Crippen LogP contribution in [0.5, 0.6) is 0 Å². The number of aryl methyl sites for hydroxylation is 2. The molecule has 0 bridgehead atoms. The van der Waals surface area contributed by atoms with Gasteiger partial charge in [-0.05, 0) is 37.5 Å². The molecule has 1 saturated heterocycles. The lowest BCUT2D eigenvalue weighted by Gasteiger charge is -2.34. The molecule has 0 aliphatic carbocycles. The van der Waals surface area contributed by atoms with Crippen LogP contribution in [0.25, 0.3) is 10.9 Å². The SMILES string of the molecule is CCCCNC(=O)CN1CCN(C(=O)Cc2c(C)nc3ccccc3c2C)CC1. The van der Waals surface area contributed by atoms with Crippen LogP contribution in [0.1, 0.15) is 36.6 Å². The molecule has 2 aromatic rings. The molecule has 156 valence electrons. The Morgan fingerprint density at radius 3 is 2.55 bits per heavy atom. The molecule has 1 aliphatic heterocycles. The van der Waals surface area contributed by atoms with Crippen molar-refractivity contribution in [3.63, 3.8) is 0 Å². The van der Waals surface area contributed by atoms with Crippen molar-refractivity contribution < 1.29 is 9.59 Å². The molecule has 0 spiro atoms. The predicted molar refractivity (Wildman–Crippen MR) is 116 cm³/mol. The summed E-state index contributed by atoms with van der Waals surface area (Å²) in [4.78, 5) is 33.6. The number of nitrogens with one attached hydrogen (secondary N) is 1. The number of unbranched alkanes of at least 4 members (excludes halogenated alkanes) is 1. The Bertz CT molecular complexity index is 873. The Balaban J connectivity index is 1.55. The maximum Gasteiger partial charge on any atom is 0.234 e. The molecule has 1 fully saturated rings. The van der Waals surface area contributed by atoms with Crippen LogP contribution in [-0.2, 0) is 16.0 Å². The van der Waals surface area contributed by atoms with Gasteiger partial charge in [0, 0.05) is 43.8 Å². The second-order valence-electron chi connectivity index (χ2n) is 7.86. The van der Waals surface area contributed by atoms with E-state index >= 15 is 0 Å². The second kappa shape index (κ2) is 9.83. The van der Waals surface area contributed by atoms with Crippen LogP contribution in [0.4, 0.5) is 0 Å². The van der Waals surface area contributed by atoms with Crippen molar-refractivity contribution in [2.45, 2.75) is 40.0 Å². The van der Waals surface area contributed by atoms with Gasteiger partial charge in [-0.25, -0.2) is 0 Å². The highest BCUT2D eigenvalue weighted by atomic mass is 16.2. The standard InChI is InChI=1S/C23H32N4O2/c1-4-5-10-24-22(28)16-26-11-13-27(14-12-26)23(29)15-20-17(2)19-8-6-7-9-21(19)25-18(20)3/h6-9H,4-5,10-16H2,1-3H3,(H,24,28). The number of rotatable bonds is 7. The van der Waals surface area contributed by atoms with E-state index in [1.807, 2.05) is 30.0 Å². The van der Waals surface area contributed by atoms with Crippen LogP contribution in [0.2, 0.25) is 0 Å². The lowest BCUT2D eigenvalue weighted by Crippen LogP contribution is -2.51. The quantitative estimate of drug-likeness (QED) is 0.730. The molecular formula is C23H32N4O2. The summed E-state index contributed by atoms with van der Waals surface area (Å²) in [6.45, 7) is 10.1. The molecule has 3 rings (SSSR count). The Hall–Kier alpha value is -2.47. The van der Waals surface area contributed by atoms with Crippen LogP contribution >= 0.6 is 0 Å². The van der Waals surface area contributed by atoms with E-state index in [1.54, 1.807) is 0 Å². The molecule has 2 heterocycles. The molecule has 1 aliphatic rings. The molecule has 0 radical (unpaired) electrons. The maximum absolute atomic E-state index is 12.9. The van der Waals surface area contributed by atoms with Gasteiger partial charge in [-0.1, -0.05) is 31.5 Å². The summed E-state index contributed by atoms with van der Waals surface area (Å²) in [6.07, 6.45) is 2.47. The third-order valence-corrected chi connectivity index (χ3v) is 5.76. The Kier molecular flexibility index (Phi) is 7.20. The fraction of sp³-hybridized carbons (Fsp3) is 0.522. The molecule has 2 amide bonds. The summed E-state index contributed by atoms with van der Waals surface area (Å²) in [5.74, 6) is 0.215. The van der Waals surface area contributed by atoms with Crippen LogP contribution in [0.15, 0.2) is 24.3 Å². The van der Waals surface area contributed by atoms with E-state index in [4.69, 9.17) is 0 Å². The van der Waals surface area contributed by atoms with Gasteiger partial charge < -0.3 is 10.2 Å². The van der Waals surface area contributed by atoms with Crippen molar-refractivity contribution in [3.8, 4) is 0 Å². The molecule has 1 aromatic carbocycles. The average Bonchev–Trinajstić information content (AvgIpc) is 2.71. The van der Waals surface area contributed by atoms with Crippen molar-refractivity contribution in [1.29, 1.82) is 0 Å². The Morgan fingerprint density at radius 1 is 1.10 bits per heavy atom. The number of hydrogen-bond acceptors (Lipinski definition) is 4. The molecule has 1 aromatic heterocycles. The van der Waals surface area contributed by atoms with Gasteiger partial charge in [-0.15, -0.1) is 0 Å². The van der Waals surface area contributed by atoms with Crippen LogP contribution in [0, 0.1) is 13.8 Å². The highest BCUT2D eigenvalue weighted by Gasteiger charge is 2.23. The second-order valence-corrected chi connectivity index (χ2v) is 7.86. The number of nitrogens with zero attached hydrogens (tertiary/aromatic N) is 3. The lowest BCUT2D eigenvalue weighted by molar-refractivity contribution is -0.132. The fourth-order valence-corrected chi connectivity index (χ4v) is 3.91. The summed E-state index contributed by atoms with van der Waals surface area (Å²) in [5, 5.41) is 4.07. The van der Waals surface area contributed by atoms with Crippen LogP contribution in [-0.4, -0.2) is 65.9 Å². The van der Waals surface area contributed by atoms with E-state index < -0.39 is 0 Å². The Labute approximate surface area is 173 Å². The fourth-order valence-electron chi connectivity index (χ4n) is 3.91. The minimum absolute atomic E-state index is 0.0757. The molecule has 1 N–H and O–H groups in total. The van der Waals surface area contributed by atoms with Gasteiger partial charge in [0.25, 0.3) is 0 Å². The monoisotopic (exact) mass is 396 g/mol. The number of fused-ring (bicyclic) bond motifs is 1. The zero-order valence-corrected chi connectivity index (χ0v) is 17.8. The Morgan fingerprint density at radius 2 is 1.83 bits per heavy atom. The molecule has 0 unspecified atom stereocenters. The van der Waals surface area contributed by atoms with E-state index in [2.05, 4.69) is 35.1 Å². The number of pyridine rings is 1. The van der Waals surface area contributed by atoms with E-state index in [9.17, 15) is 9.59 Å². The van der Waals surface area contributed by atoms with Crippen LogP contribution < -0.4 is 5.32 Å². The topological polar surface area (TPSA) is 65.5 Å². The van der Waals surface area contributed by atoms with Crippen molar-refractivity contribution in [3.05, 3.63) is 41.1 Å². The van der Waals surface area contributed by atoms with E-state index in [0.29, 0.717) is 26.1 Å². The third-order valence-electron chi connectivity index (χ3n) is 5.76. The molecule has 6 heteroatoms. The van der Waals surface area contributed by atoms with E-state index in [1.165, 1.54) is 0 Å². The molecule has 0 saturated carbocycles. The number of carbonyl (C=O) groups is 2. The minimum atomic E-state index is 0.0757. The summed E-state index contributed by atoms with van der Waals surface area (Å²) >= 11 is 0. The predicted octanol–water partition coefficient (Wildman–Crippen LogP) is 2.45. The minimum Gasteiger partial charge on any atom is -0.355 e. The van der Waals surface area contributed by atoms with Crippen molar-refractivity contribution in [1.82, 2.24) is 20.1 Å². The molecule has 0 atom stereocenters. The largest absolute Gasteiger partial charge is 0.355 e. The third kappa shape index (κ3) is 5.32. The van der Waals surface area contributed by atoms with Crippen molar-refractivity contribution in [2.24, 2.45) is 0 Å². The normalized spacial score (nSPS) is 14.9. The van der Waals surface area contributed by atoms with Crippen molar-refractivity contribution >= 4 is 22.7 Å². The van der Waals surface area contributed by atoms with Crippen LogP contribution in [0.3, 0.4) is 0 Å². The number of piperazine rings is 1. The summed E-state index contributed by atoms with van der Waals surface area (Å²) in [6, 6.07) is 8.08. The molecule has 6 nitrogen and oxygen atoms in total. The number of amides is 2. The van der Waals surface area contributed by atoms with Gasteiger partial charge in [0.15, 0.2) is 0 Å². The number of hydrogen-bond donors (Lipinski definition) is 1. The first-order chi connectivity index (χ1) is 14.0. The zero-order chi connectivity index (χ0) is 20.8. The van der Waals surface area contributed by atoms with Gasteiger partial charge >= 0.3 is 0 Å². The number of para-hydroxylation sites is 1. The van der Waals surface area contributed by atoms with E-state index in [0.717, 1.165) is 60.2 Å². The van der Waals surface area contributed by atoms with Gasteiger partial charge in [-0.2, -0.15) is 0 Å². The van der Waals surface area contributed by atoms with Gasteiger partial charge in [-0.3, -0.25) is 19.5 Å². The summed E-state index contributed by atoms with van der Waals surface area (Å²) < 4.78 is 0. The van der Waals surface area contributed by atoms with Gasteiger partial charge in [0.2, 0.25) is 11.8 Å². The lowest BCUT2D eigenvalue weighted by atomic mass is 9.99. The van der Waals surface area contributed by atoms with E-state index in [-0.39, 0.29) is 11.8 Å². The first-order valence-electron chi connectivity index (χ1n) is 10.6. The van der Waals surface area contributed by atoms with Crippen molar-refractivity contribution in [2.75, 3.05) is 39.3 Å². The number of carbonyl (C=O) groups excluding carboxylic acids is 2. The molecule has 29 heavy (non-hydrogen) atoms. The highest BCUT2D eigenvalue weighted by Crippen LogP contribution is 2.23. The van der Waals surface area contributed by atoms with Gasteiger partial charge in [0.1, 0.15) is 0 Å². The first kappa shape index (κ1) is 21.2. The smallest absolute Gasteiger partial charge is 0.234 e. The molecular weight excluding hydrogens is 364 g/mol. The summed E-state index contributed by atoms with van der Waals surface area (Å²) in [5.41, 5.74) is 4.08. The number of benzene rings is 1. The number of aromatic nitrogens is 1. The average molecular weight is 397 g/mol. The first-order valence-corrected chi connectivity index (χ1v) is 10.6. The summed E-state index contributed by atoms with van der Waals surface area (Å²) in [7, 11) is 0.